The van der Waals surface area contributed by atoms with Crippen molar-refractivity contribution < 1.29 is 14.3 Å². The molecule has 0 fully saturated rings. The highest BCUT2D eigenvalue weighted by Crippen LogP contribution is 2.37. The number of thioether (sulfide) groups is 1. The zero-order valence-electron chi connectivity index (χ0n) is 13.0. The summed E-state index contributed by atoms with van der Waals surface area (Å²) in [5, 5.41) is 0. The molecule has 0 saturated carbocycles. The van der Waals surface area contributed by atoms with Crippen LogP contribution >= 0.6 is 11.8 Å². The molecule has 2 aromatic carbocycles. The summed E-state index contributed by atoms with van der Waals surface area (Å²) < 4.78 is 10.0. The Labute approximate surface area is 135 Å². The zero-order chi connectivity index (χ0) is 16.0. The van der Waals surface area contributed by atoms with Crippen LogP contribution < -0.4 is 4.74 Å². The van der Waals surface area contributed by atoms with Gasteiger partial charge in [-0.2, -0.15) is 0 Å². The van der Waals surface area contributed by atoms with Gasteiger partial charge in [0.25, 0.3) is 0 Å². The highest BCUT2D eigenvalue weighted by atomic mass is 32.2. The predicted molar refractivity (Wildman–Crippen MR) is 90.1 cm³/mol. The first-order valence-corrected chi connectivity index (χ1v) is 8.23. The second-order valence-electron chi connectivity index (χ2n) is 5.03. The number of methoxy groups -OCH3 is 1. The Kier molecular flexibility index (Phi) is 5.50. The van der Waals surface area contributed by atoms with Crippen molar-refractivity contribution in [2.24, 2.45) is 0 Å². The van der Waals surface area contributed by atoms with E-state index < -0.39 is 4.75 Å². The first-order valence-electron chi connectivity index (χ1n) is 7.01. The summed E-state index contributed by atoms with van der Waals surface area (Å²) in [5.41, 5.74) is 1.98. The molecule has 0 heterocycles. The number of carbonyl (C=O) groups is 1. The second kappa shape index (κ2) is 7.36. The molecule has 1 atom stereocenters. The Balaban J connectivity index is 2.17. The third-order valence-corrected chi connectivity index (χ3v) is 4.84. The van der Waals surface area contributed by atoms with Crippen molar-refractivity contribution in [3.8, 4) is 5.75 Å². The molecule has 2 aromatic rings. The van der Waals surface area contributed by atoms with Gasteiger partial charge >= 0.3 is 5.97 Å². The van der Waals surface area contributed by atoms with Crippen LogP contribution in [-0.4, -0.2) is 19.3 Å². The second-order valence-corrected chi connectivity index (χ2v) is 6.26. The standard InChI is InChI=1S/C18H20O3S/c1-18(22-3,17(19)20-2)15-10-7-11-16(12-15)21-13-14-8-5-4-6-9-14/h4-12H,13H2,1-3H3. The maximum atomic E-state index is 12.1. The van der Waals surface area contributed by atoms with Gasteiger partial charge in [-0.25, -0.2) is 0 Å². The van der Waals surface area contributed by atoms with Crippen molar-refractivity contribution >= 4 is 17.7 Å². The van der Waals surface area contributed by atoms with Gasteiger partial charge < -0.3 is 9.47 Å². The first kappa shape index (κ1) is 16.4. The fourth-order valence-corrected chi connectivity index (χ4v) is 2.75. The highest BCUT2D eigenvalue weighted by molar-refractivity contribution is 8.00. The van der Waals surface area contributed by atoms with E-state index in [0.29, 0.717) is 6.61 Å². The molecule has 2 rings (SSSR count). The summed E-state index contributed by atoms with van der Waals surface area (Å²) in [6.07, 6.45) is 1.90. The topological polar surface area (TPSA) is 35.5 Å². The summed E-state index contributed by atoms with van der Waals surface area (Å²) in [4.78, 5) is 12.1. The molecule has 4 heteroatoms. The lowest BCUT2D eigenvalue weighted by molar-refractivity contribution is -0.143. The Morgan fingerprint density at radius 3 is 2.50 bits per heavy atom. The third-order valence-electron chi connectivity index (χ3n) is 3.62. The summed E-state index contributed by atoms with van der Waals surface area (Å²) >= 11 is 1.45. The van der Waals surface area contributed by atoms with E-state index in [1.807, 2.05) is 67.8 Å². The van der Waals surface area contributed by atoms with Crippen molar-refractivity contribution in [1.29, 1.82) is 0 Å². The van der Waals surface area contributed by atoms with E-state index in [9.17, 15) is 4.79 Å². The lowest BCUT2D eigenvalue weighted by Gasteiger charge is -2.25. The molecule has 0 spiro atoms. The summed E-state index contributed by atoms with van der Waals surface area (Å²) in [7, 11) is 1.41. The molecule has 0 aliphatic rings. The van der Waals surface area contributed by atoms with E-state index in [2.05, 4.69) is 0 Å². The molecule has 116 valence electrons. The van der Waals surface area contributed by atoms with Gasteiger partial charge in [0, 0.05) is 0 Å². The molecule has 0 bridgehead atoms. The van der Waals surface area contributed by atoms with Crippen LogP contribution in [0.1, 0.15) is 18.1 Å². The number of hydrogen-bond donors (Lipinski definition) is 0. The average Bonchev–Trinajstić information content (AvgIpc) is 2.59. The van der Waals surface area contributed by atoms with Crippen LogP contribution in [0, 0.1) is 0 Å². The quantitative estimate of drug-likeness (QED) is 0.754. The van der Waals surface area contributed by atoms with E-state index in [4.69, 9.17) is 9.47 Å². The van der Waals surface area contributed by atoms with Crippen LogP contribution in [0.25, 0.3) is 0 Å². The number of carbonyl (C=O) groups excluding carboxylic acids is 1. The Hall–Kier alpha value is -1.94. The molecular formula is C18H20O3S. The molecular weight excluding hydrogens is 296 g/mol. The maximum absolute atomic E-state index is 12.1. The van der Waals surface area contributed by atoms with Gasteiger partial charge in [-0.1, -0.05) is 42.5 Å². The lowest BCUT2D eigenvalue weighted by atomic mass is 10.00. The van der Waals surface area contributed by atoms with Crippen LogP contribution in [0.15, 0.2) is 54.6 Å². The van der Waals surface area contributed by atoms with E-state index in [1.54, 1.807) is 0 Å². The molecule has 0 amide bonds. The monoisotopic (exact) mass is 316 g/mol. The van der Waals surface area contributed by atoms with Gasteiger partial charge in [-0.05, 0) is 36.4 Å². The molecule has 0 aliphatic heterocycles. The highest BCUT2D eigenvalue weighted by Gasteiger charge is 2.35. The fourth-order valence-electron chi connectivity index (χ4n) is 2.14. The fraction of sp³-hybridized carbons (Fsp3) is 0.278. The molecule has 0 N–H and O–H groups in total. The minimum Gasteiger partial charge on any atom is -0.489 e. The van der Waals surface area contributed by atoms with Crippen LogP contribution in [0.3, 0.4) is 0 Å². The zero-order valence-corrected chi connectivity index (χ0v) is 13.9. The van der Waals surface area contributed by atoms with Gasteiger partial charge in [0.05, 0.1) is 7.11 Å². The predicted octanol–water partition coefficient (Wildman–Crippen LogP) is 4.02. The summed E-state index contributed by atoms with van der Waals surface area (Å²) in [5.74, 6) is 0.478. The summed E-state index contributed by atoms with van der Waals surface area (Å²) in [6, 6.07) is 17.6. The third kappa shape index (κ3) is 3.63. The molecule has 0 aliphatic carbocycles. The normalized spacial score (nSPS) is 13.2. The Morgan fingerprint density at radius 2 is 1.86 bits per heavy atom. The number of esters is 1. The van der Waals surface area contributed by atoms with Gasteiger partial charge in [0.15, 0.2) is 0 Å². The van der Waals surface area contributed by atoms with Crippen LogP contribution in [0.2, 0.25) is 0 Å². The minimum absolute atomic E-state index is 0.264. The van der Waals surface area contributed by atoms with Crippen molar-refractivity contribution in [2.45, 2.75) is 18.3 Å². The smallest absolute Gasteiger partial charge is 0.326 e. The molecule has 1 unspecified atom stereocenters. The van der Waals surface area contributed by atoms with E-state index in [1.165, 1.54) is 18.9 Å². The Bertz CT molecular complexity index is 627. The van der Waals surface area contributed by atoms with Crippen molar-refractivity contribution in [3.05, 3.63) is 65.7 Å². The van der Waals surface area contributed by atoms with E-state index >= 15 is 0 Å². The number of benzene rings is 2. The van der Waals surface area contributed by atoms with Crippen molar-refractivity contribution in [3.63, 3.8) is 0 Å². The van der Waals surface area contributed by atoms with Crippen LogP contribution in [0.5, 0.6) is 5.75 Å². The van der Waals surface area contributed by atoms with Crippen molar-refractivity contribution in [2.75, 3.05) is 13.4 Å². The molecule has 22 heavy (non-hydrogen) atoms. The molecule has 0 saturated heterocycles. The number of rotatable bonds is 6. The minimum atomic E-state index is -0.735. The first-order chi connectivity index (χ1) is 10.6. The van der Waals surface area contributed by atoms with Crippen LogP contribution in [-0.2, 0) is 20.9 Å². The van der Waals surface area contributed by atoms with Gasteiger partial charge in [-0.3, -0.25) is 4.79 Å². The number of ether oxygens (including phenoxy) is 2. The average molecular weight is 316 g/mol. The summed E-state index contributed by atoms with van der Waals surface area (Å²) in [6.45, 7) is 2.36. The molecule has 0 radical (unpaired) electrons. The molecule has 0 aromatic heterocycles. The van der Waals surface area contributed by atoms with Crippen molar-refractivity contribution in [1.82, 2.24) is 0 Å². The van der Waals surface area contributed by atoms with Gasteiger partial charge in [0.1, 0.15) is 17.1 Å². The lowest BCUT2D eigenvalue weighted by Crippen LogP contribution is -2.29. The Morgan fingerprint density at radius 1 is 1.14 bits per heavy atom. The van der Waals surface area contributed by atoms with Gasteiger partial charge in [-0.15, -0.1) is 11.8 Å². The maximum Gasteiger partial charge on any atom is 0.326 e. The van der Waals surface area contributed by atoms with E-state index in [0.717, 1.165) is 16.9 Å². The molecule has 3 nitrogen and oxygen atoms in total. The van der Waals surface area contributed by atoms with Crippen LogP contribution in [0.4, 0.5) is 0 Å². The SMILES string of the molecule is COC(=O)C(C)(SC)c1cccc(OCc2ccccc2)c1. The van der Waals surface area contributed by atoms with E-state index in [-0.39, 0.29) is 5.97 Å². The number of hydrogen-bond acceptors (Lipinski definition) is 4. The largest absolute Gasteiger partial charge is 0.489 e. The van der Waals surface area contributed by atoms with Gasteiger partial charge in [0.2, 0.25) is 0 Å².